The largest absolute Gasteiger partial charge is 0.340 e. The van der Waals surface area contributed by atoms with E-state index in [0.29, 0.717) is 30.2 Å². The van der Waals surface area contributed by atoms with Crippen LogP contribution < -0.4 is 0 Å². The summed E-state index contributed by atoms with van der Waals surface area (Å²) in [5.41, 5.74) is 1.25. The minimum Gasteiger partial charge on any atom is -0.340 e. The van der Waals surface area contributed by atoms with E-state index in [1.807, 2.05) is 4.57 Å². The highest BCUT2D eigenvalue weighted by Crippen LogP contribution is 2.24. The lowest BCUT2D eigenvalue weighted by Crippen LogP contribution is -2.05. The normalized spacial score (nSPS) is 11.3. The molecule has 0 amide bonds. The number of aromatic nitrogens is 4. The number of fused-ring (bicyclic) bond motifs is 1. The van der Waals surface area contributed by atoms with Gasteiger partial charge in [0.1, 0.15) is 11.6 Å². The highest BCUT2D eigenvalue weighted by atomic mass is 35.5. The average molecular weight is 315 g/mol. The molecule has 1 aromatic carbocycles. The minimum absolute atomic E-state index is 0.0533. The van der Waals surface area contributed by atoms with Crippen molar-refractivity contribution in [3.8, 4) is 0 Å². The van der Waals surface area contributed by atoms with Crippen molar-refractivity contribution < 1.29 is 8.91 Å². The first-order valence-corrected chi connectivity index (χ1v) is 6.76. The number of benzene rings is 1. The second-order valence-corrected chi connectivity index (χ2v) is 4.83. The summed E-state index contributed by atoms with van der Waals surface area (Å²) in [6.07, 6.45) is 1.88. The summed E-state index contributed by atoms with van der Waals surface area (Å²) in [6.45, 7) is 0.544. The number of hydrogen-bond donors (Lipinski definition) is 0. The smallest absolute Gasteiger partial charge is 0.228 e. The van der Waals surface area contributed by atoms with Gasteiger partial charge in [0.15, 0.2) is 6.33 Å². The maximum absolute atomic E-state index is 13.5. The maximum atomic E-state index is 13.5. The summed E-state index contributed by atoms with van der Waals surface area (Å²) < 4.78 is 20.3. The van der Waals surface area contributed by atoms with E-state index in [-0.39, 0.29) is 10.9 Å². The molecule has 0 bridgehead atoms. The highest BCUT2D eigenvalue weighted by Gasteiger charge is 2.13. The van der Waals surface area contributed by atoms with E-state index in [2.05, 4.69) is 15.1 Å². The lowest BCUT2D eigenvalue weighted by molar-refractivity contribution is 0.371. The minimum atomic E-state index is -0.498. The quantitative estimate of drug-likeness (QED) is 0.694. The number of nitrogens with zero attached hydrogens (tertiary/aromatic N) is 4. The Morgan fingerprint density at radius 3 is 2.90 bits per heavy atom. The predicted molar refractivity (Wildman–Crippen MR) is 72.3 cm³/mol. The number of imidazole rings is 1. The third-order valence-corrected chi connectivity index (χ3v) is 3.47. The highest BCUT2D eigenvalue weighted by molar-refractivity contribution is 6.31. The fourth-order valence-electron chi connectivity index (χ4n) is 2.04. The molecule has 2 aromatic heterocycles. The first-order valence-electron chi connectivity index (χ1n) is 5.84. The van der Waals surface area contributed by atoms with Crippen molar-refractivity contribution >= 4 is 34.2 Å². The van der Waals surface area contributed by atoms with E-state index in [4.69, 9.17) is 27.7 Å². The van der Waals surface area contributed by atoms with Crippen molar-refractivity contribution in [1.82, 2.24) is 19.7 Å². The molecule has 0 saturated heterocycles. The van der Waals surface area contributed by atoms with Gasteiger partial charge in [0.2, 0.25) is 5.89 Å². The molecule has 0 aliphatic carbocycles. The van der Waals surface area contributed by atoms with Crippen LogP contribution >= 0.6 is 23.2 Å². The zero-order valence-electron chi connectivity index (χ0n) is 10.2. The van der Waals surface area contributed by atoms with Crippen molar-refractivity contribution in [3.63, 3.8) is 0 Å². The molecule has 0 spiro atoms. The van der Waals surface area contributed by atoms with Crippen LogP contribution in [0.1, 0.15) is 11.7 Å². The standard InChI is InChI=1S/C12H9Cl2FN4O/c13-5-11-18-9-4-8(15)7(14)3-10(9)19(11)2-1-12-16-6-17-20-12/h3-4,6H,1-2,5H2. The second kappa shape index (κ2) is 5.38. The summed E-state index contributed by atoms with van der Waals surface area (Å²) in [4.78, 5) is 8.25. The molecule has 2 heterocycles. The van der Waals surface area contributed by atoms with Crippen LogP contribution in [-0.4, -0.2) is 19.7 Å². The number of halogens is 3. The third-order valence-electron chi connectivity index (χ3n) is 2.95. The van der Waals surface area contributed by atoms with E-state index < -0.39 is 5.82 Å². The van der Waals surface area contributed by atoms with E-state index in [1.54, 1.807) is 6.07 Å². The molecule has 0 saturated carbocycles. The summed E-state index contributed by atoms with van der Waals surface area (Å²) in [5, 5.41) is 3.60. The Labute approximate surface area is 123 Å². The molecule has 8 heteroatoms. The molecule has 20 heavy (non-hydrogen) atoms. The molecule has 0 aliphatic heterocycles. The molecule has 104 valence electrons. The number of aryl methyl sites for hydroxylation is 2. The Kier molecular flexibility index (Phi) is 3.58. The summed E-state index contributed by atoms with van der Waals surface area (Å²) >= 11 is 11.7. The third kappa shape index (κ3) is 2.36. The van der Waals surface area contributed by atoms with Gasteiger partial charge >= 0.3 is 0 Å². The van der Waals surface area contributed by atoms with Crippen LogP contribution in [0.4, 0.5) is 4.39 Å². The number of hydrogen-bond acceptors (Lipinski definition) is 4. The Hall–Kier alpha value is -1.66. The van der Waals surface area contributed by atoms with Crippen LogP contribution in [0, 0.1) is 5.82 Å². The van der Waals surface area contributed by atoms with E-state index in [9.17, 15) is 4.39 Å². The zero-order chi connectivity index (χ0) is 14.1. The van der Waals surface area contributed by atoms with E-state index >= 15 is 0 Å². The fraction of sp³-hybridized carbons (Fsp3) is 0.250. The molecule has 5 nitrogen and oxygen atoms in total. The number of rotatable bonds is 4. The molecular weight excluding hydrogens is 306 g/mol. The maximum Gasteiger partial charge on any atom is 0.228 e. The first kappa shape index (κ1) is 13.3. The van der Waals surface area contributed by atoms with Gasteiger partial charge in [-0.1, -0.05) is 16.8 Å². The predicted octanol–water partition coefficient (Wildman–Crippen LogP) is 3.19. The Bertz CT molecular complexity index is 742. The molecule has 3 aromatic rings. The van der Waals surface area contributed by atoms with Gasteiger partial charge in [0, 0.05) is 19.0 Å². The molecular formula is C12H9Cl2FN4O. The summed E-state index contributed by atoms with van der Waals surface area (Å²) in [7, 11) is 0. The molecule has 0 radical (unpaired) electrons. The van der Waals surface area contributed by atoms with Gasteiger partial charge in [-0.25, -0.2) is 9.37 Å². The topological polar surface area (TPSA) is 56.7 Å². The SMILES string of the molecule is Fc1cc2nc(CCl)n(CCc3ncno3)c2cc1Cl. The first-order chi connectivity index (χ1) is 9.69. The Morgan fingerprint density at radius 2 is 2.20 bits per heavy atom. The van der Waals surface area contributed by atoms with Crippen LogP contribution in [0.25, 0.3) is 11.0 Å². The fourth-order valence-corrected chi connectivity index (χ4v) is 2.40. The Morgan fingerprint density at radius 1 is 1.35 bits per heavy atom. The van der Waals surface area contributed by atoms with Gasteiger partial charge in [0.05, 0.1) is 21.9 Å². The Balaban J connectivity index is 2.01. The van der Waals surface area contributed by atoms with E-state index in [1.165, 1.54) is 12.4 Å². The van der Waals surface area contributed by atoms with Gasteiger partial charge in [-0.05, 0) is 6.07 Å². The van der Waals surface area contributed by atoms with Gasteiger partial charge in [-0.3, -0.25) is 0 Å². The van der Waals surface area contributed by atoms with Crippen molar-refractivity contribution in [2.75, 3.05) is 0 Å². The molecule has 0 fully saturated rings. The van der Waals surface area contributed by atoms with E-state index in [0.717, 1.165) is 5.52 Å². The summed E-state index contributed by atoms with van der Waals surface area (Å²) in [5.74, 6) is 0.878. The molecule has 0 unspecified atom stereocenters. The second-order valence-electron chi connectivity index (χ2n) is 4.15. The molecule has 0 atom stereocenters. The molecule has 0 N–H and O–H groups in total. The number of alkyl halides is 1. The van der Waals surface area contributed by atoms with Crippen LogP contribution in [0.5, 0.6) is 0 Å². The van der Waals surface area contributed by atoms with Crippen LogP contribution in [0.3, 0.4) is 0 Å². The van der Waals surface area contributed by atoms with Crippen molar-refractivity contribution in [1.29, 1.82) is 0 Å². The summed E-state index contributed by atoms with van der Waals surface area (Å²) in [6, 6.07) is 2.85. The molecule has 3 rings (SSSR count). The van der Waals surface area contributed by atoms with Gasteiger partial charge < -0.3 is 9.09 Å². The lowest BCUT2D eigenvalue weighted by Gasteiger charge is -2.06. The zero-order valence-corrected chi connectivity index (χ0v) is 11.7. The van der Waals surface area contributed by atoms with Crippen LogP contribution in [-0.2, 0) is 18.8 Å². The van der Waals surface area contributed by atoms with Crippen LogP contribution in [0.15, 0.2) is 23.0 Å². The lowest BCUT2D eigenvalue weighted by atomic mass is 10.3. The monoisotopic (exact) mass is 314 g/mol. The van der Waals surface area contributed by atoms with Gasteiger partial charge in [0.25, 0.3) is 0 Å². The average Bonchev–Trinajstić information content (AvgIpc) is 3.05. The van der Waals surface area contributed by atoms with Gasteiger partial charge in [-0.15, -0.1) is 11.6 Å². The molecule has 0 aliphatic rings. The van der Waals surface area contributed by atoms with Crippen molar-refractivity contribution in [2.45, 2.75) is 18.8 Å². The van der Waals surface area contributed by atoms with Crippen molar-refractivity contribution in [3.05, 3.63) is 41.0 Å². The van der Waals surface area contributed by atoms with Crippen molar-refractivity contribution in [2.24, 2.45) is 0 Å². The van der Waals surface area contributed by atoms with Crippen LogP contribution in [0.2, 0.25) is 5.02 Å². The van der Waals surface area contributed by atoms with Gasteiger partial charge in [-0.2, -0.15) is 4.98 Å².